The lowest BCUT2D eigenvalue weighted by Gasteiger charge is -2.08. The van der Waals surface area contributed by atoms with E-state index in [-0.39, 0.29) is 12.1 Å². The fourth-order valence-corrected chi connectivity index (χ4v) is 0.913. The van der Waals surface area contributed by atoms with Crippen molar-refractivity contribution < 1.29 is 19.1 Å². The number of carbonyl (C=O) groups excluding carboxylic acids is 2. The third-order valence-corrected chi connectivity index (χ3v) is 1.60. The van der Waals surface area contributed by atoms with Crippen molar-refractivity contribution in [2.45, 2.75) is 39.2 Å². The van der Waals surface area contributed by atoms with Crippen LogP contribution in [0, 0.1) is 0 Å². The molecule has 0 aromatic carbocycles. The van der Waals surface area contributed by atoms with Gasteiger partial charge in [-0.15, -0.1) is 0 Å². The quantitative estimate of drug-likeness (QED) is 0.343. The van der Waals surface area contributed by atoms with E-state index in [0.29, 0.717) is 13.1 Å². The Morgan fingerprint density at radius 3 is 2.69 bits per heavy atom. The minimum atomic E-state index is -0.253. The molecule has 4 heteroatoms. The summed E-state index contributed by atoms with van der Waals surface area (Å²) in [6.07, 6.45) is 2.46. The number of esters is 1. The van der Waals surface area contributed by atoms with Gasteiger partial charge in [-0.2, -0.15) is 0 Å². The van der Waals surface area contributed by atoms with Crippen molar-refractivity contribution in [2.24, 2.45) is 0 Å². The molecule has 1 unspecified atom stereocenters. The molecule has 0 saturated heterocycles. The van der Waals surface area contributed by atoms with Crippen molar-refractivity contribution in [1.29, 1.82) is 0 Å². The Morgan fingerprint density at radius 1 is 1.46 bits per heavy atom. The van der Waals surface area contributed by atoms with Gasteiger partial charge in [-0.05, 0) is 26.2 Å². The van der Waals surface area contributed by atoms with E-state index < -0.39 is 0 Å². The highest BCUT2D eigenvalue weighted by Gasteiger charge is 2.00. The number of rotatable bonds is 7. The number of hydrogen-bond acceptors (Lipinski definition) is 4. The molecule has 0 spiro atoms. The van der Waals surface area contributed by atoms with Crippen LogP contribution in [0.1, 0.15) is 33.1 Å². The van der Waals surface area contributed by atoms with E-state index in [1.165, 1.54) is 6.92 Å². The molecule has 0 aliphatic heterocycles. The Kier molecular flexibility index (Phi) is 6.96. The summed E-state index contributed by atoms with van der Waals surface area (Å²) in [6.45, 7) is 4.12. The average molecular weight is 188 g/mol. The van der Waals surface area contributed by atoms with Crippen LogP contribution >= 0.6 is 0 Å². The van der Waals surface area contributed by atoms with E-state index in [0.717, 1.165) is 19.3 Å². The van der Waals surface area contributed by atoms with Crippen LogP contribution < -0.4 is 0 Å². The predicted molar refractivity (Wildman–Crippen MR) is 47.1 cm³/mol. The maximum absolute atomic E-state index is 10.4. The Labute approximate surface area is 78.2 Å². The molecule has 0 rings (SSSR count). The largest absolute Gasteiger partial charge is 0.466 e. The highest BCUT2D eigenvalue weighted by atomic mass is 16.5. The lowest BCUT2D eigenvalue weighted by Crippen LogP contribution is -2.07. The van der Waals surface area contributed by atoms with Crippen LogP contribution in [0.2, 0.25) is 0 Å². The van der Waals surface area contributed by atoms with Gasteiger partial charge in [-0.25, -0.2) is 0 Å². The first kappa shape index (κ1) is 11.9. The molecule has 0 fully saturated rings. The third-order valence-electron chi connectivity index (χ3n) is 1.60. The SMILES string of the molecule is CC(=O)OCCCCC(C)OC=O. The summed E-state index contributed by atoms with van der Waals surface area (Å²) in [5, 5.41) is 0. The fourth-order valence-electron chi connectivity index (χ4n) is 0.913. The molecule has 76 valence electrons. The highest BCUT2D eigenvalue weighted by molar-refractivity contribution is 5.65. The zero-order valence-electron chi connectivity index (χ0n) is 8.12. The van der Waals surface area contributed by atoms with Crippen LogP contribution in [-0.4, -0.2) is 25.2 Å². The molecule has 0 N–H and O–H groups in total. The van der Waals surface area contributed by atoms with Crippen molar-refractivity contribution in [3.8, 4) is 0 Å². The molecule has 0 aromatic heterocycles. The minimum absolute atomic E-state index is 0.0465. The highest BCUT2D eigenvalue weighted by Crippen LogP contribution is 2.03. The van der Waals surface area contributed by atoms with Crippen LogP contribution in [0.4, 0.5) is 0 Å². The van der Waals surface area contributed by atoms with Crippen molar-refractivity contribution in [2.75, 3.05) is 6.61 Å². The second kappa shape index (κ2) is 7.58. The van der Waals surface area contributed by atoms with Gasteiger partial charge in [0, 0.05) is 6.92 Å². The number of ether oxygens (including phenoxy) is 2. The zero-order valence-corrected chi connectivity index (χ0v) is 8.12. The molecular weight excluding hydrogens is 172 g/mol. The van der Waals surface area contributed by atoms with Gasteiger partial charge in [0.1, 0.15) is 0 Å². The van der Waals surface area contributed by atoms with Gasteiger partial charge in [0.15, 0.2) is 0 Å². The molecule has 0 aliphatic rings. The molecule has 4 nitrogen and oxygen atoms in total. The first-order valence-corrected chi connectivity index (χ1v) is 4.39. The number of hydrogen-bond donors (Lipinski definition) is 0. The average Bonchev–Trinajstić information content (AvgIpc) is 2.03. The molecule has 0 aromatic rings. The molecule has 0 amide bonds. The van der Waals surface area contributed by atoms with Gasteiger partial charge in [0.2, 0.25) is 0 Å². The van der Waals surface area contributed by atoms with Crippen LogP contribution in [0.3, 0.4) is 0 Å². The summed E-state index contributed by atoms with van der Waals surface area (Å²) >= 11 is 0. The first-order valence-electron chi connectivity index (χ1n) is 4.39. The second-order valence-electron chi connectivity index (χ2n) is 2.88. The van der Waals surface area contributed by atoms with Crippen molar-refractivity contribution in [3.63, 3.8) is 0 Å². The lowest BCUT2D eigenvalue weighted by molar-refractivity contribution is -0.141. The molecule has 13 heavy (non-hydrogen) atoms. The predicted octanol–water partition coefficient (Wildman–Crippen LogP) is 1.28. The molecule has 0 bridgehead atoms. The van der Waals surface area contributed by atoms with Gasteiger partial charge >= 0.3 is 5.97 Å². The Bertz CT molecular complexity index is 156. The molecule has 0 radical (unpaired) electrons. The standard InChI is InChI=1S/C9H16O4/c1-8(13-7-10)5-3-4-6-12-9(2)11/h7-8H,3-6H2,1-2H3. The van der Waals surface area contributed by atoms with E-state index in [2.05, 4.69) is 4.74 Å². The molecule has 1 atom stereocenters. The third kappa shape index (κ3) is 8.85. The number of carbonyl (C=O) groups is 2. The van der Waals surface area contributed by atoms with E-state index >= 15 is 0 Å². The summed E-state index contributed by atoms with van der Waals surface area (Å²) in [4.78, 5) is 20.3. The van der Waals surface area contributed by atoms with Gasteiger partial charge in [-0.1, -0.05) is 0 Å². The van der Waals surface area contributed by atoms with Crippen LogP contribution in [0.25, 0.3) is 0 Å². The van der Waals surface area contributed by atoms with Crippen molar-refractivity contribution >= 4 is 12.4 Å². The van der Waals surface area contributed by atoms with E-state index in [1.807, 2.05) is 6.92 Å². The van der Waals surface area contributed by atoms with Gasteiger partial charge in [-0.3, -0.25) is 9.59 Å². The van der Waals surface area contributed by atoms with E-state index in [9.17, 15) is 9.59 Å². The van der Waals surface area contributed by atoms with Crippen LogP contribution in [-0.2, 0) is 19.1 Å². The first-order chi connectivity index (χ1) is 6.16. The maximum Gasteiger partial charge on any atom is 0.302 e. The van der Waals surface area contributed by atoms with E-state index in [4.69, 9.17) is 4.74 Å². The summed E-state index contributed by atoms with van der Waals surface area (Å²) in [6, 6.07) is 0. The summed E-state index contributed by atoms with van der Waals surface area (Å²) in [7, 11) is 0. The molecule has 0 aliphatic carbocycles. The van der Waals surface area contributed by atoms with Gasteiger partial charge in [0.25, 0.3) is 6.47 Å². The second-order valence-corrected chi connectivity index (χ2v) is 2.88. The monoisotopic (exact) mass is 188 g/mol. The van der Waals surface area contributed by atoms with E-state index in [1.54, 1.807) is 0 Å². The Morgan fingerprint density at radius 2 is 2.15 bits per heavy atom. The lowest BCUT2D eigenvalue weighted by atomic mass is 10.2. The fraction of sp³-hybridized carbons (Fsp3) is 0.778. The molecular formula is C9H16O4. The maximum atomic E-state index is 10.4. The Balaban J connectivity index is 3.15. The summed E-state index contributed by atoms with van der Waals surface area (Å²) in [5.41, 5.74) is 0. The smallest absolute Gasteiger partial charge is 0.302 e. The normalized spacial score (nSPS) is 11.8. The van der Waals surface area contributed by atoms with Gasteiger partial charge in [0.05, 0.1) is 12.7 Å². The van der Waals surface area contributed by atoms with Crippen molar-refractivity contribution in [1.82, 2.24) is 0 Å². The zero-order chi connectivity index (χ0) is 10.1. The van der Waals surface area contributed by atoms with Gasteiger partial charge < -0.3 is 9.47 Å². The molecule has 0 saturated carbocycles. The number of unbranched alkanes of at least 4 members (excludes halogenated alkanes) is 1. The minimum Gasteiger partial charge on any atom is -0.466 e. The van der Waals surface area contributed by atoms with Crippen LogP contribution in [0.15, 0.2) is 0 Å². The summed E-state index contributed by atoms with van der Waals surface area (Å²) < 4.78 is 9.42. The topological polar surface area (TPSA) is 52.6 Å². The van der Waals surface area contributed by atoms with Crippen LogP contribution in [0.5, 0.6) is 0 Å². The Hall–Kier alpha value is -1.06. The summed E-state index contributed by atoms with van der Waals surface area (Å²) in [5.74, 6) is -0.253. The molecule has 0 heterocycles. The van der Waals surface area contributed by atoms with Crippen molar-refractivity contribution in [3.05, 3.63) is 0 Å².